The summed E-state index contributed by atoms with van der Waals surface area (Å²) in [7, 11) is 0. The van der Waals surface area contributed by atoms with E-state index in [9.17, 15) is 0 Å². The van der Waals surface area contributed by atoms with Gasteiger partial charge in [0.05, 0.1) is 34.2 Å². The lowest BCUT2D eigenvalue weighted by Crippen LogP contribution is -2.31. The fourth-order valence-corrected chi connectivity index (χ4v) is 9.52. The van der Waals surface area contributed by atoms with Crippen LogP contribution in [0.15, 0.2) is 193 Å². The van der Waals surface area contributed by atoms with Crippen LogP contribution in [0.2, 0.25) is 0 Å². The summed E-state index contributed by atoms with van der Waals surface area (Å²) < 4.78 is 0. The van der Waals surface area contributed by atoms with Gasteiger partial charge in [0.2, 0.25) is 0 Å². The number of fused-ring (bicyclic) bond motifs is 4. The van der Waals surface area contributed by atoms with Crippen LogP contribution in [0.4, 0.5) is 34.1 Å². The van der Waals surface area contributed by atoms with Crippen molar-refractivity contribution < 1.29 is 0 Å². The summed E-state index contributed by atoms with van der Waals surface area (Å²) in [6, 6.07) is 64.2. The second kappa shape index (κ2) is 14.0. The maximum Gasteiger partial charge on any atom is 0.0712 e. The van der Waals surface area contributed by atoms with Crippen molar-refractivity contribution in [3.05, 3.63) is 227 Å². The highest BCUT2D eigenvalue weighted by Gasteiger charge is 2.39. The van der Waals surface area contributed by atoms with E-state index in [2.05, 4.69) is 226 Å². The van der Waals surface area contributed by atoms with Gasteiger partial charge in [-0.2, -0.15) is 0 Å². The first-order valence-corrected chi connectivity index (χ1v) is 20.5. The summed E-state index contributed by atoms with van der Waals surface area (Å²) >= 11 is 0. The molecule has 0 aromatic heterocycles. The minimum atomic E-state index is -0.160. The van der Waals surface area contributed by atoms with Crippen LogP contribution in [0.5, 0.6) is 0 Å². The molecule has 0 aliphatic carbocycles. The molecule has 10 rings (SSSR count). The van der Waals surface area contributed by atoms with E-state index in [1.807, 2.05) is 0 Å². The van der Waals surface area contributed by atoms with Crippen LogP contribution < -0.4 is 9.80 Å². The largest absolute Gasteiger partial charge is 0.310 e. The first-order valence-electron chi connectivity index (χ1n) is 20.5. The third kappa shape index (κ3) is 5.92. The average molecular weight is 750 g/mol. The van der Waals surface area contributed by atoms with Gasteiger partial charge in [-0.25, -0.2) is 4.99 Å². The van der Waals surface area contributed by atoms with E-state index >= 15 is 0 Å². The van der Waals surface area contributed by atoms with Crippen molar-refractivity contribution in [1.29, 1.82) is 0 Å². The minimum Gasteiger partial charge on any atom is -0.310 e. The molecule has 58 heavy (non-hydrogen) atoms. The van der Waals surface area contributed by atoms with Gasteiger partial charge in [-0.1, -0.05) is 167 Å². The molecule has 0 saturated carbocycles. The van der Waals surface area contributed by atoms with Crippen molar-refractivity contribution in [2.24, 2.45) is 4.99 Å². The Morgan fingerprint density at radius 1 is 0.431 bits per heavy atom. The molecule has 0 spiro atoms. The van der Waals surface area contributed by atoms with Crippen molar-refractivity contribution >= 4 is 51.1 Å². The maximum absolute atomic E-state index is 5.41. The number of nitrogens with zero attached hydrogens (tertiary/aromatic N) is 3. The van der Waals surface area contributed by atoms with Crippen molar-refractivity contribution in [3.63, 3.8) is 0 Å². The summed E-state index contributed by atoms with van der Waals surface area (Å²) in [5, 5.41) is 0. The Labute approximate surface area is 343 Å². The zero-order valence-corrected chi connectivity index (χ0v) is 33.7. The van der Waals surface area contributed by atoms with Crippen LogP contribution >= 0.6 is 0 Å². The smallest absolute Gasteiger partial charge is 0.0712 e. The van der Waals surface area contributed by atoms with Crippen LogP contribution in [0.1, 0.15) is 79.5 Å². The standard InChI is InChI=1S/C55H47N3/c1-54(2)44-25-11-15-30-50(44)57(51-31-16-12-26-45(51)54)42-34-41(35-43(37-42)58-52-32-17-13-27-46(52)55(3,4)47-28-14-18-33-53(47)58)40-24-19-29-48(38-20-7-5-8-21-38)56-49(36-40)39-22-9-6-10-23-39/h5-18,20-23,25-37H,19,24H2,1-4H3/b40-36+,48-29-,56-49+. The zero-order valence-electron chi connectivity index (χ0n) is 33.7. The maximum atomic E-state index is 5.41. The number of aliphatic imine (C=N–C) groups is 1. The van der Waals surface area contributed by atoms with Gasteiger partial charge in [-0.05, 0) is 100 Å². The zero-order chi connectivity index (χ0) is 39.4. The number of allylic oxidation sites excluding steroid dienone is 3. The number of hydrogen-bond acceptors (Lipinski definition) is 3. The quantitative estimate of drug-likeness (QED) is 0.174. The van der Waals surface area contributed by atoms with E-state index < -0.39 is 0 Å². The van der Waals surface area contributed by atoms with Crippen LogP contribution in [-0.2, 0) is 10.8 Å². The van der Waals surface area contributed by atoms with Gasteiger partial charge in [0.1, 0.15) is 0 Å². The molecule has 3 heterocycles. The summed E-state index contributed by atoms with van der Waals surface area (Å²) in [5.41, 5.74) is 18.7. The molecular weight excluding hydrogens is 703 g/mol. The second-order valence-corrected chi connectivity index (χ2v) is 16.8. The van der Waals surface area contributed by atoms with E-state index in [0.29, 0.717) is 0 Å². The van der Waals surface area contributed by atoms with E-state index in [1.165, 1.54) is 56.1 Å². The van der Waals surface area contributed by atoms with Gasteiger partial charge in [-0.3, -0.25) is 0 Å². The van der Waals surface area contributed by atoms with Gasteiger partial charge >= 0.3 is 0 Å². The van der Waals surface area contributed by atoms with Crippen molar-refractivity contribution in [3.8, 4) is 0 Å². The minimum absolute atomic E-state index is 0.160. The summed E-state index contributed by atoms with van der Waals surface area (Å²) in [4.78, 5) is 10.4. The van der Waals surface area contributed by atoms with Gasteiger partial charge in [0, 0.05) is 27.8 Å². The van der Waals surface area contributed by atoms with Crippen molar-refractivity contribution in [1.82, 2.24) is 0 Å². The SMILES string of the molecule is CC1(C)c2ccccc2N(c2cc(/C3=C/C(c4ccccc4)=N\C(c4ccccc4)=C/CC3)cc(N3c4ccccc4C(C)(C)c4ccccc43)c2)c2ccccc21. The molecule has 0 bridgehead atoms. The molecule has 7 aromatic carbocycles. The van der Waals surface area contributed by atoms with Gasteiger partial charge in [0.15, 0.2) is 0 Å². The Balaban J connectivity index is 1.24. The fourth-order valence-electron chi connectivity index (χ4n) is 9.52. The predicted octanol–water partition coefficient (Wildman–Crippen LogP) is 14.6. The molecular formula is C55H47N3. The highest BCUT2D eigenvalue weighted by Crippen LogP contribution is 2.55. The second-order valence-electron chi connectivity index (χ2n) is 16.8. The molecule has 3 aliphatic rings. The Bertz CT molecular complexity index is 2560. The molecule has 0 saturated heterocycles. The first kappa shape index (κ1) is 35.7. The Hall–Kier alpha value is -6.71. The number of anilines is 6. The number of hydrogen-bond donors (Lipinski definition) is 0. The lowest BCUT2D eigenvalue weighted by Gasteiger charge is -2.43. The summed E-state index contributed by atoms with van der Waals surface area (Å²) in [5.74, 6) is 0. The van der Waals surface area contributed by atoms with E-state index in [1.54, 1.807) is 0 Å². The first-order chi connectivity index (χ1) is 28.3. The number of benzene rings is 7. The molecule has 0 radical (unpaired) electrons. The Morgan fingerprint density at radius 2 is 0.828 bits per heavy atom. The fraction of sp³-hybridized carbons (Fsp3) is 0.145. The monoisotopic (exact) mass is 749 g/mol. The molecule has 0 fully saturated rings. The van der Waals surface area contributed by atoms with Gasteiger partial charge < -0.3 is 9.80 Å². The predicted molar refractivity (Wildman–Crippen MR) is 245 cm³/mol. The molecule has 7 aromatic rings. The average Bonchev–Trinajstić information content (AvgIpc) is 3.25. The van der Waals surface area contributed by atoms with Crippen LogP contribution in [0.25, 0.3) is 11.3 Å². The number of para-hydroxylation sites is 4. The normalized spacial score (nSPS) is 19.0. The highest BCUT2D eigenvalue weighted by atomic mass is 15.2. The molecule has 0 amide bonds. The van der Waals surface area contributed by atoms with E-state index in [-0.39, 0.29) is 10.8 Å². The van der Waals surface area contributed by atoms with Crippen molar-refractivity contribution in [2.45, 2.75) is 51.4 Å². The van der Waals surface area contributed by atoms with Crippen LogP contribution in [0.3, 0.4) is 0 Å². The molecule has 3 nitrogen and oxygen atoms in total. The lowest BCUT2D eigenvalue weighted by molar-refractivity contribution is 0.631. The highest BCUT2D eigenvalue weighted by molar-refractivity contribution is 6.14. The summed E-state index contributed by atoms with van der Waals surface area (Å²) in [6.45, 7) is 9.42. The lowest BCUT2D eigenvalue weighted by atomic mass is 9.73. The molecule has 282 valence electrons. The summed E-state index contributed by atoms with van der Waals surface area (Å²) in [6.07, 6.45) is 6.39. The third-order valence-corrected chi connectivity index (χ3v) is 12.5. The Morgan fingerprint density at radius 3 is 1.28 bits per heavy atom. The molecule has 0 unspecified atom stereocenters. The van der Waals surface area contributed by atoms with Gasteiger partial charge in [-0.15, -0.1) is 0 Å². The molecule has 0 atom stereocenters. The molecule has 3 aliphatic heterocycles. The molecule has 0 N–H and O–H groups in total. The van der Waals surface area contributed by atoms with E-state index in [0.717, 1.165) is 46.8 Å². The van der Waals surface area contributed by atoms with Crippen molar-refractivity contribution in [2.75, 3.05) is 9.80 Å². The van der Waals surface area contributed by atoms with Crippen LogP contribution in [0, 0.1) is 0 Å². The Kier molecular flexibility index (Phi) is 8.64. The topological polar surface area (TPSA) is 18.8 Å². The van der Waals surface area contributed by atoms with E-state index in [4.69, 9.17) is 4.99 Å². The van der Waals surface area contributed by atoms with Gasteiger partial charge in [0.25, 0.3) is 0 Å². The number of rotatable bonds is 5. The third-order valence-electron chi connectivity index (χ3n) is 12.5. The van der Waals surface area contributed by atoms with Crippen LogP contribution in [-0.4, -0.2) is 5.71 Å². The molecule has 3 heteroatoms.